The van der Waals surface area contributed by atoms with Crippen LogP contribution < -0.4 is 0 Å². The molecule has 106 valence electrons. The van der Waals surface area contributed by atoms with Crippen molar-refractivity contribution in [1.82, 2.24) is 4.90 Å². The fourth-order valence-corrected chi connectivity index (χ4v) is 5.83. The van der Waals surface area contributed by atoms with E-state index in [1.54, 1.807) is 28.8 Å². The molecule has 1 fully saturated rings. The van der Waals surface area contributed by atoms with Crippen molar-refractivity contribution in [2.45, 2.75) is 5.37 Å². The first-order chi connectivity index (χ1) is 8.88. The van der Waals surface area contributed by atoms with Gasteiger partial charge in [0.05, 0.1) is 15.8 Å². The van der Waals surface area contributed by atoms with E-state index in [4.69, 9.17) is 11.6 Å². The van der Waals surface area contributed by atoms with Gasteiger partial charge in [0.2, 0.25) is 0 Å². The van der Waals surface area contributed by atoms with Gasteiger partial charge >= 0.3 is 0 Å². The van der Waals surface area contributed by atoms with Crippen molar-refractivity contribution < 1.29 is 13.2 Å². The smallest absolute Gasteiger partial charge is 0.186 e. The summed E-state index contributed by atoms with van der Waals surface area (Å²) in [6.45, 7) is 0.752. The molecule has 0 aromatic carbocycles. The van der Waals surface area contributed by atoms with Crippen LogP contribution in [0.3, 0.4) is 0 Å². The van der Waals surface area contributed by atoms with Crippen LogP contribution in [0.2, 0.25) is 4.34 Å². The highest BCUT2D eigenvalue weighted by molar-refractivity contribution is 8.00. The maximum atomic E-state index is 12.1. The highest BCUT2D eigenvalue weighted by Crippen LogP contribution is 2.24. The van der Waals surface area contributed by atoms with Crippen LogP contribution in [0, 0.1) is 0 Å². The number of nitrogens with zero attached hydrogens (tertiary/aromatic N) is 1. The van der Waals surface area contributed by atoms with Crippen LogP contribution in [0.4, 0.5) is 0 Å². The number of hydrogen-bond acceptors (Lipinski definition) is 6. The quantitative estimate of drug-likeness (QED) is 0.785. The van der Waals surface area contributed by atoms with Gasteiger partial charge in [-0.1, -0.05) is 11.6 Å². The Labute approximate surface area is 126 Å². The summed E-state index contributed by atoms with van der Waals surface area (Å²) in [6, 6.07) is 3.36. The van der Waals surface area contributed by atoms with Gasteiger partial charge in [0.25, 0.3) is 0 Å². The number of sulfone groups is 1. The molecule has 0 spiro atoms. The van der Waals surface area contributed by atoms with E-state index in [1.165, 1.54) is 17.6 Å². The molecule has 19 heavy (non-hydrogen) atoms. The van der Waals surface area contributed by atoms with Crippen LogP contribution in [0.1, 0.15) is 9.67 Å². The van der Waals surface area contributed by atoms with Crippen LogP contribution >= 0.6 is 34.7 Å². The zero-order valence-corrected chi connectivity index (χ0v) is 13.5. The standard InChI is InChI=1S/C11H14ClNO3S3/c1-19(15,16)11-7-17-5-4-13(11)6-8(14)9-2-3-10(12)18-9/h2-3,11H,4-7H2,1H3. The van der Waals surface area contributed by atoms with Gasteiger partial charge in [-0.2, -0.15) is 11.8 Å². The number of ketones is 1. The maximum absolute atomic E-state index is 12.1. The molecule has 1 unspecified atom stereocenters. The molecule has 0 aliphatic carbocycles. The Kier molecular flexibility index (Phi) is 4.94. The van der Waals surface area contributed by atoms with E-state index in [0.717, 1.165) is 5.75 Å². The predicted molar refractivity (Wildman–Crippen MR) is 81.2 cm³/mol. The molecular formula is C11H14ClNO3S3. The van der Waals surface area contributed by atoms with E-state index in [1.807, 2.05) is 0 Å². The van der Waals surface area contributed by atoms with Crippen molar-refractivity contribution in [2.24, 2.45) is 0 Å². The number of Topliss-reactive ketones (excluding diaryl/α,β-unsaturated/α-hetero) is 1. The molecule has 1 aliphatic heterocycles. The number of carbonyl (C=O) groups excluding carboxylic acids is 1. The van der Waals surface area contributed by atoms with Gasteiger partial charge in [0.15, 0.2) is 15.6 Å². The minimum Gasteiger partial charge on any atom is -0.292 e. The van der Waals surface area contributed by atoms with Crippen LogP contribution in [0.25, 0.3) is 0 Å². The van der Waals surface area contributed by atoms with Crippen LogP contribution in [-0.2, 0) is 9.84 Å². The van der Waals surface area contributed by atoms with E-state index < -0.39 is 15.2 Å². The molecule has 0 N–H and O–H groups in total. The van der Waals surface area contributed by atoms with Gasteiger partial charge in [-0.15, -0.1) is 11.3 Å². The van der Waals surface area contributed by atoms with Crippen molar-refractivity contribution in [3.63, 3.8) is 0 Å². The Hall–Kier alpha value is -0.0800. The lowest BCUT2D eigenvalue weighted by Crippen LogP contribution is -2.48. The molecule has 1 aliphatic rings. The second-order valence-corrected chi connectivity index (χ2v) is 9.42. The molecule has 0 amide bonds. The molecule has 0 saturated carbocycles. The summed E-state index contributed by atoms with van der Waals surface area (Å²) in [5.41, 5.74) is 0. The average molecular weight is 340 g/mol. The summed E-state index contributed by atoms with van der Waals surface area (Å²) in [6.07, 6.45) is 1.23. The fourth-order valence-electron chi connectivity index (χ4n) is 1.92. The van der Waals surface area contributed by atoms with E-state index in [0.29, 0.717) is 21.5 Å². The Balaban J connectivity index is 2.10. The molecule has 2 rings (SSSR count). The number of carbonyl (C=O) groups is 1. The summed E-state index contributed by atoms with van der Waals surface area (Å²) in [7, 11) is -3.17. The molecule has 0 bridgehead atoms. The first kappa shape index (κ1) is 15.3. The molecule has 2 heterocycles. The first-order valence-electron chi connectivity index (χ1n) is 5.67. The van der Waals surface area contributed by atoms with Crippen LogP contribution in [-0.4, -0.2) is 55.3 Å². The zero-order chi connectivity index (χ0) is 14.0. The molecule has 1 aromatic rings. The molecule has 1 atom stereocenters. The summed E-state index contributed by atoms with van der Waals surface area (Å²) in [4.78, 5) is 14.4. The molecular weight excluding hydrogens is 326 g/mol. The van der Waals surface area contributed by atoms with Crippen molar-refractivity contribution in [3.8, 4) is 0 Å². The SMILES string of the molecule is CS(=O)(=O)C1CSCCN1CC(=O)c1ccc(Cl)s1. The molecule has 4 nitrogen and oxygen atoms in total. The van der Waals surface area contributed by atoms with Gasteiger partial charge < -0.3 is 0 Å². The van der Waals surface area contributed by atoms with E-state index in [9.17, 15) is 13.2 Å². The van der Waals surface area contributed by atoms with E-state index in [-0.39, 0.29) is 12.3 Å². The molecule has 8 heteroatoms. The first-order valence-corrected chi connectivity index (χ1v) is 9.97. The minimum absolute atomic E-state index is 0.0718. The van der Waals surface area contributed by atoms with Gasteiger partial charge in [0.1, 0.15) is 5.37 Å². The highest BCUT2D eigenvalue weighted by Gasteiger charge is 2.32. The van der Waals surface area contributed by atoms with Crippen molar-refractivity contribution in [3.05, 3.63) is 21.3 Å². The van der Waals surface area contributed by atoms with Crippen LogP contribution in [0.15, 0.2) is 12.1 Å². The summed E-state index contributed by atoms with van der Waals surface area (Å²) in [5.74, 6) is 1.30. The predicted octanol–water partition coefficient (Wildman–Crippen LogP) is 2.00. The Bertz CT molecular complexity index is 569. The fraction of sp³-hybridized carbons (Fsp3) is 0.545. The summed E-state index contributed by atoms with van der Waals surface area (Å²) >= 11 is 8.64. The monoisotopic (exact) mass is 339 g/mol. The lowest BCUT2D eigenvalue weighted by Gasteiger charge is -2.33. The van der Waals surface area contributed by atoms with Gasteiger partial charge in [-0.3, -0.25) is 9.69 Å². The van der Waals surface area contributed by atoms with Gasteiger partial charge in [-0.25, -0.2) is 8.42 Å². The highest BCUT2D eigenvalue weighted by atomic mass is 35.5. The van der Waals surface area contributed by atoms with Crippen molar-refractivity contribution in [1.29, 1.82) is 0 Å². The van der Waals surface area contributed by atoms with Crippen LogP contribution in [0.5, 0.6) is 0 Å². The third kappa shape index (κ3) is 3.95. The second kappa shape index (κ2) is 6.13. The third-order valence-corrected chi connectivity index (χ3v) is 6.84. The normalized spacial score (nSPS) is 21.5. The molecule has 0 radical (unpaired) electrons. The largest absolute Gasteiger partial charge is 0.292 e. The van der Waals surface area contributed by atoms with E-state index in [2.05, 4.69) is 0 Å². The molecule has 1 saturated heterocycles. The third-order valence-electron chi connectivity index (χ3n) is 2.88. The van der Waals surface area contributed by atoms with E-state index >= 15 is 0 Å². The topological polar surface area (TPSA) is 54.5 Å². The maximum Gasteiger partial charge on any atom is 0.186 e. The Morgan fingerprint density at radius 2 is 2.26 bits per heavy atom. The van der Waals surface area contributed by atoms with Gasteiger partial charge in [0, 0.05) is 24.3 Å². The van der Waals surface area contributed by atoms with Crippen molar-refractivity contribution in [2.75, 3.05) is 30.9 Å². The number of hydrogen-bond donors (Lipinski definition) is 0. The lowest BCUT2D eigenvalue weighted by molar-refractivity contribution is 0.0932. The zero-order valence-electron chi connectivity index (χ0n) is 10.3. The Morgan fingerprint density at radius 1 is 1.53 bits per heavy atom. The number of halogens is 1. The summed E-state index contributed by atoms with van der Waals surface area (Å²) in [5, 5.41) is -0.564. The Morgan fingerprint density at radius 3 is 2.84 bits per heavy atom. The lowest BCUT2D eigenvalue weighted by atomic mass is 10.3. The number of thiophene rings is 1. The minimum atomic E-state index is -3.17. The van der Waals surface area contributed by atoms with Gasteiger partial charge in [-0.05, 0) is 12.1 Å². The number of rotatable bonds is 4. The number of thioether (sulfide) groups is 1. The van der Waals surface area contributed by atoms with Crippen molar-refractivity contribution >= 4 is 50.3 Å². The molecule has 1 aromatic heterocycles. The second-order valence-electron chi connectivity index (χ2n) is 4.36. The average Bonchev–Trinajstić information content (AvgIpc) is 2.75. The summed E-state index contributed by atoms with van der Waals surface area (Å²) < 4.78 is 24.0.